The van der Waals surface area contributed by atoms with Crippen LogP contribution in [-0.4, -0.2) is 53.8 Å². The smallest absolute Gasteiger partial charge is 0.307 e. The van der Waals surface area contributed by atoms with Gasteiger partial charge >= 0.3 is 11.9 Å². The van der Waals surface area contributed by atoms with Crippen molar-refractivity contribution in [3.05, 3.63) is 12.2 Å². The molecule has 1 rings (SSSR count). The van der Waals surface area contributed by atoms with Crippen LogP contribution in [0.2, 0.25) is 0 Å². The first-order valence-corrected chi connectivity index (χ1v) is 5.25. The van der Waals surface area contributed by atoms with Gasteiger partial charge in [-0.15, -0.1) is 0 Å². The number of aliphatic carboxylic acids is 1. The molecule has 1 heterocycles. The van der Waals surface area contributed by atoms with Crippen LogP contribution < -0.4 is 0 Å². The van der Waals surface area contributed by atoms with Gasteiger partial charge in [0.25, 0.3) is 5.91 Å². The number of amides is 1. The molecule has 7 nitrogen and oxygen atoms in total. The van der Waals surface area contributed by atoms with Gasteiger partial charge in [-0.1, -0.05) is 6.58 Å². The van der Waals surface area contributed by atoms with Crippen molar-refractivity contribution in [1.82, 2.24) is 4.90 Å². The SMILES string of the molecule is C=C(CC(=O)O)CN1C(=O)C(OC)C1OC(C)=O. The third-order valence-electron chi connectivity index (χ3n) is 2.43. The van der Waals surface area contributed by atoms with E-state index in [4.69, 9.17) is 14.6 Å². The summed E-state index contributed by atoms with van der Waals surface area (Å²) in [4.78, 5) is 34.2. The van der Waals surface area contributed by atoms with Crippen LogP contribution in [0.5, 0.6) is 0 Å². The lowest BCUT2D eigenvalue weighted by Crippen LogP contribution is -2.67. The van der Waals surface area contributed by atoms with Crippen molar-refractivity contribution in [3.8, 4) is 0 Å². The van der Waals surface area contributed by atoms with Crippen molar-refractivity contribution in [1.29, 1.82) is 0 Å². The number of nitrogens with zero attached hydrogens (tertiary/aromatic N) is 1. The third kappa shape index (κ3) is 3.07. The summed E-state index contributed by atoms with van der Waals surface area (Å²) in [6.07, 6.45) is -1.88. The van der Waals surface area contributed by atoms with Crippen LogP contribution in [-0.2, 0) is 23.9 Å². The van der Waals surface area contributed by atoms with Crippen LogP contribution in [0.3, 0.4) is 0 Å². The van der Waals surface area contributed by atoms with Crippen LogP contribution in [0.25, 0.3) is 0 Å². The fourth-order valence-electron chi connectivity index (χ4n) is 1.68. The third-order valence-corrected chi connectivity index (χ3v) is 2.43. The van der Waals surface area contributed by atoms with Crippen molar-refractivity contribution in [2.45, 2.75) is 25.7 Å². The number of esters is 1. The number of ether oxygens (including phenoxy) is 2. The number of carboxylic acids is 1. The van der Waals surface area contributed by atoms with Gasteiger partial charge < -0.3 is 14.6 Å². The Balaban J connectivity index is 2.63. The summed E-state index contributed by atoms with van der Waals surface area (Å²) < 4.78 is 9.82. The maximum absolute atomic E-state index is 11.6. The highest BCUT2D eigenvalue weighted by Crippen LogP contribution is 2.25. The van der Waals surface area contributed by atoms with E-state index in [0.29, 0.717) is 5.57 Å². The Bertz CT molecular complexity index is 391. The Morgan fingerprint density at radius 2 is 2.11 bits per heavy atom. The van der Waals surface area contributed by atoms with Crippen molar-refractivity contribution in [2.75, 3.05) is 13.7 Å². The number of methoxy groups -OCH3 is 1. The number of carbonyl (C=O) groups is 3. The molecule has 18 heavy (non-hydrogen) atoms. The molecule has 2 atom stereocenters. The zero-order valence-corrected chi connectivity index (χ0v) is 10.2. The molecule has 1 N–H and O–H groups in total. The molecule has 1 aliphatic rings. The minimum Gasteiger partial charge on any atom is -0.481 e. The van der Waals surface area contributed by atoms with Crippen molar-refractivity contribution in [3.63, 3.8) is 0 Å². The molecular formula is C11H15NO6. The molecule has 7 heteroatoms. The van der Waals surface area contributed by atoms with E-state index in [1.165, 1.54) is 18.9 Å². The quantitative estimate of drug-likeness (QED) is 0.401. The van der Waals surface area contributed by atoms with E-state index in [1.807, 2.05) is 0 Å². The van der Waals surface area contributed by atoms with E-state index in [2.05, 4.69) is 6.58 Å². The summed E-state index contributed by atoms with van der Waals surface area (Å²) in [5.41, 5.74) is 0.350. The van der Waals surface area contributed by atoms with Crippen molar-refractivity contribution < 1.29 is 29.0 Å². The summed E-state index contributed by atoms with van der Waals surface area (Å²) >= 11 is 0. The Kier molecular flexibility index (Phi) is 4.43. The highest BCUT2D eigenvalue weighted by atomic mass is 16.6. The summed E-state index contributed by atoms with van der Waals surface area (Å²) in [6, 6.07) is 0. The molecule has 0 aromatic heterocycles. The Labute approximate surface area is 104 Å². The molecule has 0 aromatic rings. The molecule has 1 saturated heterocycles. The summed E-state index contributed by atoms with van der Waals surface area (Å²) in [6.45, 7) is 4.81. The maximum Gasteiger partial charge on any atom is 0.307 e. The molecule has 0 radical (unpaired) electrons. The van der Waals surface area contributed by atoms with E-state index in [1.54, 1.807) is 0 Å². The van der Waals surface area contributed by atoms with Gasteiger partial charge in [0.2, 0.25) is 6.23 Å². The fourth-order valence-corrected chi connectivity index (χ4v) is 1.68. The molecule has 1 fully saturated rings. The minimum absolute atomic E-state index is 0.0307. The zero-order chi connectivity index (χ0) is 13.9. The van der Waals surface area contributed by atoms with Crippen LogP contribution in [0.4, 0.5) is 0 Å². The van der Waals surface area contributed by atoms with Crippen molar-refractivity contribution >= 4 is 17.8 Å². The lowest BCUT2D eigenvalue weighted by Gasteiger charge is -2.44. The number of β-lactam (4-membered cyclic amide) rings is 1. The van der Waals surface area contributed by atoms with E-state index >= 15 is 0 Å². The van der Waals surface area contributed by atoms with Crippen LogP contribution in [0.1, 0.15) is 13.3 Å². The van der Waals surface area contributed by atoms with Gasteiger partial charge in [-0.3, -0.25) is 19.3 Å². The second-order valence-electron chi connectivity index (χ2n) is 3.94. The standard InChI is InChI=1S/C11H15NO6/c1-6(4-8(14)15)5-12-10(16)9(17-3)11(12)18-7(2)13/h9,11H,1,4-5H2,2-3H3,(H,14,15). The topological polar surface area (TPSA) is 93.1 Å². The van der Waals surface area contributed by atoms with Gasteiger partial charge in [-0.2, -0.15) is 0 Å². The van der Waals surface area contributed by atoms with Gasteiger partial charge in [0.15, 0.2) is 6.10 Å². The number of rotatable bonds is 6. The molecule has 1 aliphatic heterocycles. The van der Waals surface area contributed by atoms with E-state index in [0.717, 1.165) is 0 Å². The summed E-state index contributed by atoms with van der Waals surface area (Å²) in [7, 11) is 1.34. The van der Waals surface area contributed by atoms with Gasteiger partial charge in [-0.25, -0.2) is 0 Å². The number of hydrogen-bond acceptors (Lipinski definition) is 5. The molecule has 100 valence electrons. The Morgan fingerprint density at radius 1 is 1.50 bits per heavy atom. The average molecular weight is 257 g/mol. The van der Waals surface area contributed by atoms with Gasteiger partial charge in [0, 0.05) is 20.6 Å². The molecule has 0 aromatic carbocycles. The lowest BCUT2D eigenvalue weighted by molar-refractivity contribution is -0.213. The van der Waals surface area contributed by atoms with Gasteiger partial charge in [0.05, 0.1) is 6.42 Å². The summed E-state index contributed by atoms with van der Waals surface area (Å²) in [5, 5.41) is 8.59. The molecule has 0 spiro atoms. The van der Waals surface area contributed by atoms with Gasteiger partial charge in [-0.05, 0) is 5.57 Å². The molecule has 2 unspecified atom stereocenters. The van der Waals surface area contributed by atoms with Crippen LogP contribution >= 0.6 is 0 Å². The van der Waals surface area contributed by atoms with E-state index < -0.39 is 24.3 Å². The van der Waals surface area contributed by atoms with Crippen LogP contribution in [0.15, 0.2) is 12.2 Å². The second kappa shape index (κ2) is 5.63. The second-order valence-corrected chi connectivity index (χ2v) is 3.94. The number of carboxylic acid groups (broad SMARTS) is 1. The lowest BCUT2D eigenvalue weighted by atomic mass is 10.1. The molecule has 0 bridgehead atoms. The van der Waals surface area contributed by atoms with Crippen LogP contribution in [0, 0.1) is 0 Å². The summed E-state index contributed by atoms with van der Waals surface area (Å²) in [5.74, 6) is -1.92. The molecule has 1 amide bonds. The normalized spacial score (nSPS) is 22.3. The molecule has 0 aliphatic carbocycles. The highest BCUT2D eigenvalue weighted by Gasteiger charge is 2.50. The van der Waals surface area contributed by atoms with Crippen molar-refractivity contribution in [2.24, 2.45) is 0 Å². The predicted molar refractivity (Wildman–Crippen MR) is 59.5 cm³/mol. The first-order chi connectivity index (χ1) is 8.36. The Hall–Kier alpha value is -1.89. The van der Waals surface area contributed by atoms with Gasteiger partial charge in [0.1, 0.15) is 0 Å². The fraction of sp³-hybridized carbons (Fsp3) is 0.545. The number of hydrogen-bond donors (Lipinski definition) is 1. The largest absolute Gasteiger partial charge is 0.481 e. The molecule has 0 saturated carbocycles. The highest BCUT2D eigenvalue weighted by molar-refractivity contribution is 5.89. The maximum atomic E-state index is 11.6. The van der Waals surface area contributed by atoms with E-state index in [-0.39, 0.29) is 18.9 Å². The van der Waals surface area contributed by atoms with E-state index in [9.17, 15) is 14.4 Å². The number of carbonyl (C=O) groups excluding carboxylic acids is 2. The molecular weight excluding hydrogens is 242 g/mol. The first kappa shape index (κ1) is 14.2. The predicted octanol–water partition coefficient (Wildman–Crippen LogP) is -0.236. The average Bonchev–Trinajstić information content (AvgIpc) is 2.24. The zero-order valence-electron chi connectivity index (χ0n) is 10.2. The minimum atomic E-state index is -1.03. The Morgan fingerprint density at radius 3 is 2.56 bits per heavy atom. The monoisotopic (exact) mass is 257 g/mol. The number of likely N-dealkylation sites (tertiary alicyclic amines) is 1. The first-order valence-electron chi connectivity index (χ1n) is 5.25.